The van der Waals surface area contributed by atoms with E-state index in [1.54, 1.807) is 26.1 Å². The first kappa shape index (κ1) is 16.5. The van der Waals surface area contributed by atoms with Crippen molar-refractivity contribution in [3.05, 3.63) is 27.7 Å². The number of benzene rings is 1. The van der Waals surface area contributed by atoms with Crippen LogP contribution < -0.4 is 11.1 Å². The third-order valence-corrected chi connectivity index (χ3v) is 3.49. The molecule has 0 saturated carbocycles. The van der Waals surface area contributed by atoms with Crippen LogP contribution in [0.25, 0.3) is 0 Å². The highest BCUT2D eigenvalue weighted by Crippen LogP contribution is 2.24. The molecule has 0 aromatic heterocycles. The van der Waals surface area contributed by atoms with E-state index in [2.05, 4.69) is 21.2 Å². The molecule has 0 spiro atoms. The lowest BCUT2D eigenvalue weighted by Crippen LogP contribution is -2.40. The number of nitrogens with one attached hydrogen (secondary N) is 1. The smallest absolute Gasteiger partial charge is 0.254 e. The van der Waals surface area contributed by atoms with E-state index >= 15 is 0 Å². The maximum atomic E-state index is 12.6. The van der Waals surface area contributed by atoms with Crippen molar-refractivity contribution in [2.75, 3.05) is 25.9 Å². The van der Waals surface area contributed by atoms with Gasteiger partial charge in [0.2, 0.25) is 5.91 Å². The molecule has 110 valence electrons. The van der Waals surface area contributed by atoms with Crippen LogP contribution in [0.4, 0.5) is 5.69 Å². The Labute approximate surface area is 127 Å². The average Bonchev–Trinajstić information content (AvgIpc) is 2.41. The monoisotopic (exact) mass is 341 g/mol. The standard InChI is InChI=1S/C14H20BrN3O2/c1-4-5-18(8-13(19)17-3)14(20)11-6-10(15)7-12(16)9(11)2/h6-7H,4-5,8,16H2,1-3H3,(H,17,19). The molecule has 0 heterocycles. The Kier molecular flexibility index (Phi) is 6.01. The van der Waals surface area contributed by atoms with Crippen LogP contribution in [0.5, 0.6) is 0 Å². The van der Waals surface area contributed by atoms with Gasteiger partial charge in [-0.2, -0.15) is 0 Å². The maximum absolute atomic E-state index is 12.6. The summed E-state index contributed by atoms with van der Waals surface area (Å²) in [4.78, 5) is 25.6. The fraction of sp³-hybridized carbons (Fsp3) is 0.429. The molecule has 0 atom stereocenters. The van der Waals surface area contributed by atoms with Gasteiger partial charge in [-0.1, -0.05) is 22.9 Å². The summed E-state index contributed by atoms with van der Waals surface area (Å²) in [6.07, 6.45) is 0.783. The Morgan fingerprint density at radius 2 is 2.05 bits per heavy atom. The SMILES string of the molecule is CCCN(CC(=O)NC)C(=O)c1cc(Br)cc(N)c1C. The molecule has 0 saturated heterocycles. The molecule has 0 radical (unpaired) electrons. The first-order valence-electron chi connectivity index (χ1n) is 6.46. The van der Waals surface area contributed by atoms with Crippen LogP contribution in [0.3, 0.4) is 0 Å². The average molecular weight is 342 g/mol. The number of anilines is 1. The van der Waals surface area contributed by atoms with Crippen LogP contribution in [0.15, 0.2) is 16.6 Å². The Hall–Kier alpha value is -1.56. The number of hydrogen-bond acceptors (Lipinski definition) is 3. The summed E-state index contributed by atoms with van der Waals surface area (Å²) >= 11 is 3.34. The number of nitrogen functional groups attached to an aromatic ring is 1. The first-order valence-corrected chi connectivity index (χ1v) is 7.25. The predicted molar refractivity (Wildman–Crippen MR) is 83.6 cm³/mol. The Bertz CT molecular complexity index is 517. The molecular formula is C14H20BrN3O2. The second-order valence-electron chi connectivity index (χ2n) is 4.57. The van der Waals surface area contributed by atoms with Gasteiger partial charge < -0.3 is 16.0 Å². The van der Waals surface area contributed by atoms with E-state index in [1.807, 2.05) is 6.92 Å². The van der Waals surface area contributed by atoms with Gasteiger partial charge >= 0.3 is 0 Å². The topological polar surface area (TPSA) is 75.4 Å². The third-order valence-electron chi connectivity index (χ3n) is 3.04. The number of likely N-dealkylation sites (N-methyl/N-ethyl adjacent to an activating group) is 1. The van der Waals surface area contributed by atoms with Gasteiger partial charge in [-0.15, -0.1) is 0 Å². The second kappa shape index (κ2) is 7.28. The molecule has 1 aromatic rings. The molecule has 0 unspecified atom stereocenters. The molecule has 20 heavy (non-hydrogen) atoms. The van der Waals surface area contributed by atoms with Gasteiger partial charge in [-0.05, 0) is 31.0 Å². The quantitative estimate of drug-likeness (QED) is 0.803. The normalized spacial score (nSPS) is 10.2. The largest absolute Gasteiger partial charge is 0.398 e. The van der Waals surface area contributed by atoms with Crippen molar-refractivity contribution in [3.8, 4) is 0 Å². The number of nitrogens with zero attached hydrogens (tertiary/aromatic N) is 1. The predicted octanol–water partition coefficient (Wildman–Crippen LogP) is 1.94. The summed E-state index contributed by atoms with van der Waals surface area (Å²) in [5.74, 6) is -0.367. The van der Waals surface area contributed by atoms with Crippen LogP contribution in [0.2, 0.25) is 0 Å². The van der Waals surface area contributed by atoms with Crippen molar-refractivity contribution in [3.63, 3.8) is 0 Å². The fourth-order valence-corrected chi connectivity index (χ4v) is 2.34. The molecule has 1 rings (SSSR count). The molecule has 6 heteroatoms. The lowest BCUT2D eigenvalue weighted by atomic mass is 10.1. The van der Waals surface area contributed by atoms with Crippen molar-refractivity contribution >= 4 is 33.4 Å². The maximum Gasteiger partial charge on any atom is 0.254 e. The zero-order valence-electron chi connectivity index (χ0n) is 12.0. The minimum absolute atomic E-state index is 0.0506. The molecular weight excluding hydrogens is 322 g/mol. The molecule has 2 amide bonds. The zero-order valence-corrected chi connectivity index (χ0v) is 13.6. The molecule has 0 aliphatic rings. The van der Waals surface area contributed by atoms with Gasteiger partial charge in [0.05, 0.1) is 6.54 Å². The molecule has 0 fully saturated rings. The van der Waals surface area contributed by atoms with E-state index in [0.29, 0.717) is 17.8 Å². The van der Waals surface area contributed by atoms with Crippen LogP contribution in [0, 0.1) is 6.92 Å². The van der Waals surface area contributed by atoms with E-state index in [0.717, 1.165) is 16.5 Å². The molecule has 0 bridgehead atoms. The lowest BCUT2D eigenvalue weighted by molar-refractivity contribution is -0.121. The number of carbonyl (C=O) groups is 2. The summed E-state index contributed by atoms with van der Waals surface area (Å²) in [7, 11) is 1.55. The molecule has 0 aliphatic carbocycles. The van der Waals surface area contributed by atoms with Crippen LogP contribution in [-0.2, 0) is 4.79 Å². The minimum atomic E-state index is -0.188. The van der Waals surface area contributed by atoms with Crippen LogP contribution in [-0.4, -0.2) is 36.9 Å². The highest BCUT2D eigenvalue weighted by Gasteiger charge is 2.20. The fourth-order valence-electron chi connectivity index (χ4n) is 1.87. The van der Waals surface area contributed by atoms with Gasteiger partial charge in [-0.25, -0.2) is 0 Å². The number of rotatable bonds is 5. The van der Waals surface area contributed by atoms with E-state index in [1.165, 1.54) is 4.90 Å². The number of hydrogen-bond donors (Lipinski definition) is 2. The van der Waals surface area contributed by atoms with Crippen molar-refractivity contribution in [2.24, 2.45) is 0 Å². The summed E-state index contributed by atoms with van der Waals surface area (Å²) in [5.41, 5.74) is 7.69. The molecule has 3 N–H and O–H groups in total. The second-order valence-corrected chi connectivity index (χ2v) is 5.48. The summed E-state index contributed by atoms with van der Waals surface area (Å²) < 4.78 is 0.750. The Morgan fingerprint density at radius 1 is 1.40 bits per heavy atom. The third kappa shape index (κ3) is 3.96. The first-order chi connectivity index (χ1) is 9.40. The van der Waals surface area contributed by atoms with Crippen LogP contribution in [0.1, 0.15) is 29.3 Å². The van der Waals surface area contributed by atoms with Gasteiger partial charge in [0.25, 0.3) is 5.91 Å². The van der Waals surface area contributed by atoms with Gasteiger partial charge in [0.1, 0.15) is 0 Å². The lowest BCUT2D eigenvalue weighted by Gasteiger charge is -2.22. The van der Waals surface area contributed by atoms with Crippen molar-refractivity contribution in [2.45, 2.75) is 20.3 Å². The number of amides is 2. The van der Waals surface area contributed by atoms with Gasteiger partial charge in [-0.3, -0.25) is 9.59 Å². The summed E-state index contributed by atoms with van der Waals surface area (Å²) in [6.45, 7) is 4.35. The van der Waals surface area contributed by atoms with Crippen molar-refractivity contribution in [1.82, 2.24) is 10.2 Å². The highest BCUT2D eigenvalue weighted by molar-refractivity contribution is 9.10. The molecule has 1 aromatic carbocycles. The van der Waals surface area contributed by atoms with E-state index in [9.17, 15) is 9.59 Å². The summed E-state index contributed by atoms with van der Waals surface area (Å²) in [6, 6.07) is 3.50. The van der Waals surface area contributed by atoms with E-state index in [-0.39, 0.29) is 18.4 Å². The minimum Gasteiger partial charge on any atom is -0.398 e. The van der Waals surface area contributed by atoms with Gasteiger partial charge in [0, 0.05) is 29.3 Å². The Morgan fingerprint density at radius 3 is 2.60 bits per heavy atom. The van der Waals surface area contributed by atoms with E-state index in [4.69, 9.17) is 5.73 Å². The van der Waals surface area contributed by atoms with Gasteiger partial charge in [0.15, 0.2) is 0 Å². The molecule has 5 nitrogen and oxygen atoms in total. The van der Waals surface area contributed by atoms with Crippen molar-refractivity contribution < 1.29 is 9.59 Å². The number of halogens is 1. The Balaban J connectivity index is 3.09. The van der Waals surface area contributed by atoms with E-state index < -0.39 is 0 Å². The number of carbonyl (C=O) groups excluding carboxylic acids is 2. The van der Waals surface area contributed by atoms with Crippen LogP contribution >= 0.6 is 15.9 Å². The molecule has 0 aliphatic heterocycles. The zero-order chi connectivity index (χ0) is 15.3. The highest BCUT2D eigenvalue weighted by atomic mass is 79.9. The number of nitrogens with two attached hydrogens (primary N) is 1. The summed E-state index contributed by atoms with van der Waals surface area (Å²) in [5, 5.41) is 2.53. The van der Waals surface area contributed by atoms with Crippen molar-refractivity contribution in [1.29, 1.82) is 0 Å².